The first-order chi connectivity index (χ1) is 15.2. The van der Waals surface area contributed by atoms with Gasteiger partial charge in [0.05, 0.1) is 10.8 Å². The Labute approximate surface area is 194 Å². The van der Waals surface area contributed by atoms with Gasteiger partial charge in [0.1, 0.15) is 0 Å². The van der Waals surface area contributed by atoms with Crippen molar-refractivity contribution in [1.29, 1.82) is 0 Å². The number of esters is 1. The van der Waals surface area contributed by atoms with Crippen molar-refractivity contribution in [2.75, 3.05) is 19.7 Å². The number of nitrogens with zero attached hydrogens (tertiary/aromatic N) is 1. The van der Waals surface area contributed by atoms with E-state index in [0.717, 1.165) is 5.92 Å². The number of halogens is 1. The van der Waals surface area contributed by atoms with Crippen molar-refractivity contribution in [2.45, 2.75) is 56.4 Å². The highest BCUT2D eigenvalue weighted by atomic mass is 35.5. The minimum Gasteiger partial charge on any atom is -0.455 e. The Morgan fingerprint density at radius 1 is 1.12 bits per heavy atom. The second kappa shape index (κ2) is 9.69. The number of carbonyl (C=O) groups is 2. The number of ether oxygens (including phenoxy) is 1. The van der Waals surface area contributed by atoms with Gasteiger partial charge in [-0.25, -0.2) is 8.42 Å². The van der Waals surface area contributed by atoms with Crippen LogP contribution in [0.25, 0.3) is 0 Å². The molecule has 1 aromatic rings. The highest BCUT2D eigenvalue weighted by molar-refractivity contribution is 7.89. The van der Waals surface area contributed by atoms with E-state index in [2.05, 4.69) is 5.32 Å². The lowest BCUT2D eigenvalue weighted by molar-refractivity contribution is -0.154. The van der Waals surface area contributed by atoms with E-state index in [4.69, 9.17) is 16.3 Å². The third kappa shape index (κ3) is 5.13. The van der Waals surface area contributed by atoms with Gasteiger partial charge in [0.15, 0.2) is 6.61 Å². The minimum absolute atomic E-state index is 0.0952. The summed E-state index contributed by atoms with van der Waals surface area (Å²) in [5, 5.41) is 3.47. The second-order valence-electron chi connectivity index (χ2n) is 9.43. The molecule has 2 bridgehead atoms. The van der Waals surface area contributed by atoms with Crippen molar-refractivity contribution in [3.63, 3.8) is 0 Å². The quantitative estimate of drug-likeness (QED) is 0.602. The Morgan fingerprint density at radius 3 is 2.41 bits per heavy atom. The first-order valence-corrected chi connectivity index (χ1v) is 13.3. The molecule has 7 nitrogen and oxygen atoms in total. The van der Waals surface area contributed by atoms with Crippen LogP contribution in [0.2, 0.25) is 5.02 Å². The fourth-order valence-corrected chi connectivity index (χ4v) is 7.25. The SMILES string of the molecule is C[C@@H](NC(=O)COC(=O)C1CCN(S(=O)(=O)c2ccc(Cl)cc2)CC1)[C@H]1C[C@H]2CC[C@H]1C2. The Bertz CT molecular complexity index is 944. The first kappa shape index (κ1) is 23.5. The monoisotopic (exact) mass is 482 g/mol. The van der Waals surface area contributed by atoms with Gasteiger partial charge in [-0.3, -0.25) is 9.59 Å². The number of nitrogens with one attached hydrogen (secondary N) is 1. The lowest BCUT2D eigenvalue weighted by atomic mass is 9.84. The average Bonchev–Trinajstić information content (AvgIpc) is 3.42. The molecule has 176 valence electrons. The summed E-state index contributed by atoms with van der Waals surface area (Å²) in [6, 6.07) is 6.14. The number of carbonyl (C=O) groups excluding carboxylic acids is 2. The summed E-state index contributed by atoms with van der Waals surface area (Å²) < 4.78 is 32.2. The van der Waals surface area contributed by atoms with Crippen molar-refractivity contribution in [2.24, 2.45) is 23.7 Å². The first-order valence-electron chi connectivity index (χ1n) is 11.5. The summed E-state index contributed by atoms with van der Waals surface area (Å²) in [7, 11) is -3.62. The van der Waals surface area contributed by atoms with E-state index >= 15 is 0 Å². The van der Waals surface area contributed by atoms with Crippen molar-refractivity contribution in [1.82, 2.24) is 9.62 Å². The molecule has 32 heavy (non-hydrogen) atoms. The molecule has 0 spiro atoms. The minimum atomic E-state index is -3.62. The van der Waals surface area contributed by atoms with E-state index in [-0.39, 0.29) is 36.5 Å². The van der Waals surface area contributed by atoms with Gasteiger partial charge in [0.25, 0.3) is 5.91 Å². The highest BCUT2D eigenvalue weighted by Gasteiger charge is 2.42. The van der Waals surface area contributed by atoms with Crippen LogP contribution in [0.1, 0.15) is 45.4 Å². The highest BCUT2D eigenvalue weighted by Crippen LogP contribution is 2.49. The Kier molecular flexibility index (Phi) is 7.12. The van der Waals surface area contributed by atoms with Gasteiger partial charge in [-0.1, -0.05) is 18.0 Å². The molecule has 1 aliphatic heterocycles. The third-order valence-electron chi connectivity index (χ3n) is 7.41. The molecule has 4 rings (SSSR count). The summed E-state index contributed by atoms with van der Waals surface area (Å²) in [5.74, 6) is 0.958. The number of piperidine rings is 1. The van der Waals surface area contributed by atoms with Crippen LogP contribution in [0, 0.1) is 23.7 Å². The molecule has 3 aliphatic rings. The van der Waals surface area contributed by atoms with E-state index < -0.39 is 21.9 Å². The molecule has 1 aromatic carbocycles. The molecule has 9 heteroatoms. The summed E-state index contributed by atoms with van der Waals surface area (Å²) in [6.45, 7) is 2.23. The molecule has 0 unspecified atom stereocenters. The lowest BCUT2D eigenvalue weighted by Crippen LogP contribution is -2.43. The van der Waals surface area contributed by atoms with E-state index in [1.807, 2.05) is 6.92 Å². The van der Waals surface area contributed by atoms with Crippen molar-refractivity contribution < 1.29 is 22.7 Å². The number of sulfonamides is 1. The molecule has 0 radical (unpaired) electrons. The van der Waals surface area contributed by atoms with Gasteiger partial charge >= 0.3 is 5.97 Å². The van der Waals surface area contributed by atoms with Gasteiger partial charge in [-0.2, -0.15) is 4.31 Å². The predicted molar refractivity (Wildman–Crippen MR) is 120 cm³/mol. The number of hydrogen-bond acceptors (Lipinski definition) is 5. The Hall–Kier alpha value is -1.64. The average molecular weight is 483 g/mol. The molecule has 1 N–H and O–H groups in total. The molecule has 3 fully saturated rings. The van der Waals surface area contributed by atoms with Crippen molar-refractivity contribution in [3.8, 4) is 0 Å². The molecule has 4 atom stereocenters. The van der Waals surface area contributed by atoms with Crippen LogP contribution in [0.4, 0.5) is 0 Å². The summed E-state index contributed by atoms with van der Waals surface area (Å²) >= 11 is 5.84. The number of rotatable bonds is 7. The number of amides is 1. The van der Waals surface area contributed by atoms with Crippen LogP contribution in [0.15, 0.2) is 29.2 Å². The fourth-order valence-electron chi connectivity index (χ4n) is 5.65. The molecule has 1 heterocycles. The standard InChI is InChI=1S/C23H31ClN2O5S/c1-15(21-13-16-2-3-18(21)12-16)25-22(27)14-31-23(28)17-8-10-26(11-9-17)32(29,30)20-6-4-19(24)5-7-20/h4-7,15-18,21H,2-3,8-14H2,1H3,(H,25,27)/t15-,16+,18+,21-/m1/s1. The van der Waals surface area contributed by atoms with E-state index in [9.17, 15) is 18.0 Å². The Balaban J connectivity index is 1.20. The molecule has 0 aromatic heterocycles. The molecule has 2 aliphatic carbocycles. The normalized spacial score (nSPS) is 27.2. The zero-order valence-electron chi connectivity index (χ0n) is 18.3. The van der Waals surface area contributed by atoms with Crippen LogP contribution in [0.3, 0.4) is 0 Å². The molecule has 1 amide bonds. The van der Waals surface area contributed by atoms with Crippen LogP contribution >= 0.6 is 11.6 Å². The van der Waals surface area contributed by atoms with Gasteiger partial charge in [0, 0.05) is 24.2 Å². The van der Waals surface area contributed by atoms with Crippen LogP contribution in [0.5, 0.6) is 0 Å². The van der Waals surface area contributed by atoms with Gasteiger partial charge in [-0.05, 0) is 81.0 Å². The molecule has 2 saturated carbocycles. The number of fused-ring (bicyclic) bond motifs is 2. The molecular formula is C23H31ClN2O5S. The van der Waals surface area contributed by atoms with Gasteiger partial charge in [0.2, 0.25) is 10.0 Å². The summed E-state index contributed by atoms with van der Waals surface area (Å²) in [5.41, 5.74) is 0. The maximum Gasteiger partial charge on any atom is 0.309 e. The zero-order chi connectivity index (χ0) is 22.9. The summed E-state index contributed by atoms with van der Waals surface area (Å²) in [6.07, 6.45) is 5.79. The van der Waals surface area contributed by atoms with E-state index in [1.54, 1.807) is 12.1 Å². The maximum atomic E-state index is 12.8. The van der Waals surface area contributed by atoms with Crippen molar-refractivity contribution >= 4 is 33.5 Å². The number of benzene rings is 1. The maximum absolute atomic E-state index is 12.8. The van der Waals surface area contributed by atoms with E-state index in [0.29, 0.717) is 29.7 Å². The topological polar surface area (TPSA) is 92.8 Å². The largest absolute Gasteiger partial charge is 0.455 e. The summed E-state index contributed by atoms with van der Waals surface area (Å²) in [4.78, 5) is 24.9. The predicted octanol–water partition coefficient (Wildman–Crippen LogP) is 3.22. The number of hydrogen-bond donors (Lipinski definition) is 1. The van der Waals surface area contributed by atoms with Crippen LogP contribution in [-0.2, 0) is 24.3 Å². The van der Waals surface area contributed by atoms with E-state index in [1.165, 1.54) is 42.1 Å². The van der Waals surface area contributed by atoms with Crippen LogP contribution < -0.4 is 5.32 Å². The zero-order valence-corrected chi connectivity index (χ0v) is 19.9. The lowest BCUT2D eigenvalue weighted by Gasteiger charge is -2.30. The molecular weight excluding hydrogens is 452 g/mol. The van der Waals surface area contributed by atoms with Gasteiger partial charge < -0.3 is 10.1 Å². The Morgan fingerprint density at radius 2 is 1.81 bits per heavy atom. The van der Waals surface area contributed by atoms with Gasteiger partial charge in [-0.15, -0.1) is 0 Å². The molecule has 1 saturated heterocycles. The van der Waals surface area contributed by atoms with Crippen LogP contribution in [-0.4, -0.2) is 50.3 Å². The fraction of sp³-hybridized carbons (Fsp3) is 0.652. The second-order valence-corrected chi connectivity index (χ2v) is 11.8. The van der Waals surface area contributed by atoms with Crippen molar-refractivity contribution in [3.05, 3.63) is 29.3 Å². The smallest absolute Gasteiger partial charge is 0.309 e. The third-order valence-corrected chi connectivity index (χ3v) is 9.57.